The van der Waals surface area contributed by atoms with Crippen molar-refractivity contribution >= 4 is 57.7 Å². The zero-order chi connectivity index (χ0) is 14.9. The zero-order valence-corrected chi connectivity index (χ0v) is 13.6. The van der Waals surface area contributed by atoms with Crippen molar-refractivity contribution in [3.05, 3.63) is 45.1 Å². The van der Waals surface area contributed by atoms with Crippen molar-refractivity contribution in [1.29, 1.82) is 0 Å². The monoisotopic (exact) mass is 352 g/mol. The fraction of sp³-hybridized carbons (Fsp3) is 0.333. The first-order chi connectivity index (χ1) is 9.35. The first-order valence-corrected chi connectivity index (χ1v) is 7.76. The molecule has 0 aliphatic rings. The number of aromatic nitrogens is 2. The van der Waals surface area contributed by atoms with Gasteiger partial charge >= 0.3 is 5.69 Å². The van der Waals surface area contributed by atoms with Gasteiger partial charge in [0, 0.05) is 18.5 Å². The van der Waals surface area contributed by atoms with Gasteiger partial charge < -0.3 is 0 Å². The van der Waals surface area contributed by atoms with E-state index in [-0.39, 0.29) is 5.56 Å². The molecule has 0 aliphatic carbocycles. The van der Waals surface area contributed by atoms with Crippen LogP contribution < -0.4 is 11.2 Å². The molecule has 0 N–H and O–H groups in total. The summed E-state index contributed by atoms with van der Waals surface area (Å²) in [6.07, 6.45) is 0.659. The molecule has 1 aromatic heterocycles. The van der Waals surface area contributed by atoms with Gasteiger partial charge in [-0.2, -0.15) is 0 Å². The number of nitrogens with zero attached hydrogens (tertiary/aromatic N) is 2. The Balaban J connectivity index is 2.84. The second kappa shape index (κ2) is 6.02. The first kappa shape index (κ1) is 15.8. The molecule has 0 fully saturated rings. The molecule has 1 heterocycles. The molecule has 8 heteroatoms. The van der Waals surface area contributed by atoms with Crippen LogP contribution in [0.1, 0.15) is 13.3 Å². The predicted octanol–water partition coefficient (Wildman–Crippen LogP) is 3.40. The van der Waals surface area contributed by atoms with E-state index in [1.807, 2.05) is 6.92 Å². The molecule has 0 saturated heterocycles. The molecule has 0 saturated carbocycles. The molecule has 0 amide bonds. The van der Waals surface area contributed by atoms with Crippen molar-refractivity contribution < 1.29 is 0 Å². The highest BCUT2D eigenvalue weighted by atomic mass is 35.6. The van der Waals surface area contributed by atoms with Crippen molar-refractivity contribution in [2.24, 2.45) is 0 Å². The van der Waals surface area contributed by atoms with Crippen LogP contribution in [0.3, 0.4) is 0 Å². The van der Waals surface area contributed by atoms with E-state index in [1.165, 1.54) is 3.97 Å². The molecule has 108 valence electrons. The van der Waals surface area contributed by atoms with Gasteiger partial charge in [0.05, 0.1) is 10.9 Å². The summed E-state index contributed by atoms with van der Waals surface area (Å²) >= 11 is 18.0. The maximum atomic E-state index is 12.4. The van der Waals surface area contributed by atoms with Gasteiger partial charge in [-0.15, -0.1) is 0 Å². The van der Waals surface area contributed by atoms with Gasteiger partial charge in [0.1, 0.15) is 0 Å². The van der Waals surface area contributed by atoms with Crippen LogP contribution in [0.15, 0.2) is 33.9 Å². The normalized spacial score (nSPS) is 12.0. The number of fused-ring (bicyclic) bond motifs is 1. The van der Waals surface area contributed by atoms with Crippen molar-refractivity contribution in [1.82, 2.24) is 8.54 Å². The molecular weight excluding hydrogens is 343 g/mol. The van der Waals surface area contributed by atoms with E-state index in [0.717, 1.165) is 16.5 Å². The number of hydrogen-bond donors (Lipinski definition) is 0. The van der Waals surface area contributed by atoms with Crippen LogP contribution in [0.4, 0.5) is 0 Å². The molecule has 4 nitrogen and oxygen atoms in total. The maximum absolute atomic E-state index is 12.4. The highest BCUT2D eigenvalue weighted by molar-refractivity contribution is 8.03. The molecule has 0 atom stereocenters. The Kier molecular flexibility index (Phi) is 4.74. The number of rotatable bonds is 3. The van der Waals surface area contributed by atoms with Crippen LogP contribution in [0, 0.1) is 0 Å². The summed E-state index contributed by atoms with van der Waals surface area (Å²) in [5, 5.41) is 0.419. The Labute approximate surface area is 134 Å². The lowest BCUT2D eigenvalue weighted by atomic mass is 10.2. The molecule has 0 bridgehead atoms. The molecule has 20 heavy (non-hydrogen) atoms. The summed E-state index contributed by atoms with van der Waals surface area (Å²) in [7, 11) is 0. The fourth-order valence-corrected chi connectivity index (χ4v) is 3.15. The summed E-state index contributed by atoms with van der Waals surface area (Å²) in [6, 6.07) is 6.76. The minimum absolute atomic E-state index is 0.322. The molecule has 1 aromatic carbocycles. The third-order valence-corrected chi connectivity index (χ3v) is 4.01. The quantitative estimate of drug-likeness (QED) is 0.794. The van der Waals surface area contributed by atoms with Crippen LogP contribution >= 0.6 is 46.8 Å². The van der Waals surface area contributed by atoms with Gasteiger partial charge in [0.25, 0.3) is 8.68 Å². The summed E-state index contributed by atoms with van der Waals surface area (Å²) in [5.41, 5.74) is -0.383. The summed E-state index contributed by atoms with van der Waals surface area (Å²) in [6.45, 7) is 2.20. The van der Waals surface area contributed by atoms with Gasteiger partial charge in [0.15, 0.2) is 0 Å². The van der Waals surface area contributed by atoms with E-state index in [0.29, 0.717) is 23.9 Å². The van der Waals surface area contributed by atoms with Crippen molar-refractivity contribution in [3.8, 4) is 0 Å². The van der Waals surface area contributed by atoms with Crippen LogP contribution in [0.5, 0.6) is 0 Å². The number of para-hydroxylation sites is 1. The van der Waals surface area contributed by atoms with Crippen molar-refractivity contribution in [2.75, 3.05) is 0 Å². The Bertz CT molecular complexity index is 749. The lowest BCUT2D eigenvalue weighted by Crippen LogP contribution is -2.39. The van der Waals surface area contributed by atoms with Crippen molar-refractivity contribution in [2.45, 2.75) is 23.0 Å². The molecule has 0 unspecified atom stereocenters. The molecular formula is C12H11Cl3N2O2S. The maximum Gasteiger partial charge on any atom is 0.341 e. The molecule has 0 radical (unpaired) electrons. The van der Waals surface area contributed by atoms with Gasteiger partial charge in [-0.25, -0.2) is 8.77 Å². The van der Waals surface area contributed by atoms with E-state index >= 15 is 0 Å². The lowest BCUT2D eigenvalue weighted by Gasteiger charge is -2.16. The summed E-state index contributed by atoms with van der Waals surface area (Å²) in [4.78, 5) is 24.7. The zero-order valence-electron chi connectivity index (χ0n) is 10.5. The Morgan fingerprint density at radius 2 is 1.85 bits per heavy atom. The largest absolute Gasteiger partial charge is 0.341 e. The first-order valence-electron chi connectivity index (χ1n) is 5.86. The van der Waals surface area contributed by atoms with Gasteiger partial charge in [-0.1, -0.05) is 53.9 Å². The topological polar surface area (TPSA) is 44.0 Å². The van der Waals surface area contributed by atoms with E-state index in [2.05, 4.69) is 0 Å². The van der Waals surface area contributed by atoms with E-state index in [4.69, 9.17) is 34.8 Å². The number of alkyl halides is 3. The second-order valence-corrected chi connectivity index (χ2v) is 8.20. The van der Waals surface area contributed by atoms with Crippen LogP contribution in [-0.2, 0) is 6.54 Å². The smallest absolute Gasteiger partial charge is 0.268 e. The van der Waals surface area contributed by atoms with Crippen LogP contribution in [-0.4, -0.2) is 11.7 Å². The highest BCUT2D eigenvalue weighted by Crippen LogP contribution is 2.39. The Morgan fingerprint density at radius 3 is 2.45 bits per heavy atom. The summed E-state index contributed by atoms with van der Waals surface area (Å²) in [5.74, 6) is 0. The predicted molar refractivity (Wildman–Crippen MR) is 86.0 cm³/mol. The summed E-state index contributed by atoms with van der Waals surface area (Å²) < 4.78 is 0.714. The average Bonchev–Trinajstić information content (AvgIpc) is 2.38. The average molecular weight is 354 g/mol. The van der Waals surface area contributed by atoms with Crippen LogP contribution in [0.2, 0.25) is 0 Å². The molecule has 0 aliphatic heterocycles. The van der Waals surface area contributed by atoms with Crippen molar-refractivity contribution in [3.63, 3.8) is 0 Å². The third-order valence-electron chi connectivity index (χ3n) is 2.65. The SMILES string of the molecule is CCCn1c(=O)c2ccccc2n(SC(Cl)(Cl)Cl)c1=O. The third kappa shape index (κ3) is 3.17. The lowest BCUT2D eigenvalue weighted by molar-refractivity contribution is 0.618. The Hall–Kier alpha value is -0.620. The minimum Gasteiger partial charge on any atom is -0.268 e. The highest BCUT2D eigenvalue weighted by Gasteiger charge is 2.25. The van der Waals surface area contributed by atoms with E-state index < -0.39 is 8.81 Å². The standard InChI is InChI=1S/C12H11Cl3N2O2S/c1-2-7-16-10(18)8-5-3-4-6-9(8)17(11(16)19)20-12(13,14)15/h3-6H,2,7H2,1H3. The van der Waals surface area contributed by atoms with E-state index in [1.54, 1.807) is 24.3 Å². The van der Waals surface area contributed by atoms with Gasteiger partial charge in [0.2, 0.25) is 0 Å². The second-order valence-electron chi connectivity index (χ2n) is 4.09. The molecule has 2 aromatic rings. The van der Waals surface area contributed by atoms with Gasteiger partial charge in [-0.3, -0.25) is 9.36 Å². The van der Waals surface area contributed by atoms with Gasteiger partial charge in [-0.05, 0) is 18.6 Å². The Morgan fingerprint density at radius 1 is 1.20 bits per heavy atom. The molecule has 2 rings (SSSR count). The minimum atomic E-state index is -1.69. The number of benzene rings is 1. The molecule has 0 spiro atoms. The number of hydrogen-bond acceptors (Lipinski definition) is 3. The van der Waals surface area contributed by atoms with E-state index in [9.17, 15) is 9.59 Å². The fourth-order valence-electron chi connectivity index (χ4n) is 1.89. The number of halogens is 3. The van der Waals surface area contributed by atoms with Crippen LogP contribution in [0.25, 0.3) is 10.9 Å².